The van der Waals surface area contributed by atoms with Gasteiger partial charge in [-0.15, -0.1) is 0 Å². The van der Waals surface area contributed by atoms with Crippen LogP contribution in [0.5, 0.6) is 5.75 Å². The lowest BCUT2D eigenvalue weighted by atomic mass is 9.91. The highest BCUT2D eigenvalue weighted by molar-refractivity contribution is 5.33. The van der Waals surface area contributed by atoms with Gasteiger partial charge < -0.3 is 15.4 Å². The molecule has 2 unspecified atom stereocenters. The van der Waals surface area contributed by atoms with E-state index in [4.69, 9.17) is 10.5 Å². The van der Waals surface area contributed by atoms with Crippen LogP contribution < -0.4 is 10.5 Å². The van der Waals surface area contributed by atoms with Crippen LogP contribution in [-0.4, -0.2) is 31.1 Å². The van der Waals surface area contributed by atoms with Gasteiger partial charge in [0.15, 0.2) is 0 Å². The molecule has 3 nitrogen and oxygen atoms in total. The van der Waals surface area contributed by atoms with E-state index in [1.807, 2.05) is 24.3 Å². The first-order valence-corrected chi connectivity index (χ1v) is 6.83. The zero-order chi connectivity index (χ0) is 13.0. The number of para-hydroxylation sites is 1. The summed E-state index contributed by atoms with van der Waals surface area (Å²) in [5, 5.41) is 0. The number of hydrogen-bond donors (Lipinski definition) is 1. The normalized spacial score (nSPS) is 24.2. The Kier molecular flexibility index (Phi) is 4.61. The first kappa shape index (κ1) is 13.4. The first-order chi connectivity index (χ1) is 8.72. The molecular formula is C15H24N2O. The lowest BCUT2D eigenvalue weighted by Crippen LogP contribution is -2.44. The van der Waals surface area contributed by atoms with Crippen molar-refractivity contribution in [3.63, 3.8) is 0 Å². The number of ether oxygens (including phenoxy) is 1. The number of benzene rings is 1. The Balaban J connectivity index is 2.11. The maximum atomic E-state index is 6.23. The molecule has 2 atom stereocenters. The lowest BCUT2D eigenvalue weighted by Gasteiger charge is -2.36. The number of hydrogen-bond acceptors (Lipinski definition) is 3. The molecule has 2 N–H and O–H groups in total. The number of likely N-dealkylation sites (N-methyl/N-ethyl adjacent to an activating group) is 1. The van der Waals surface area contributed by atoms with Crippen LogP contribution in [0.3, 0.4) is 0 Å². The van der Waals surface area contributed by atoms with Gasteiger partial charge in [-0.1, -0.05) is 24.6 Å². The summed E-state index contributed by atoms with van der Waals surface area (Å²) in [4.78, 5) is 2.29. The van der Waals surface area contributed by atoms with E-state index in [0.29, 0.717) is 18.7 Å². The molecule has 1 saturated carbocycles. The molecule has 18 heavy (non-hydrogen) atoms. The summed E-state index contributed by atoms with van der Waals surface area (Å²) in [6.07, 6.45) is 5.23. The summed E-state index contributed by atoms with van der Waals surface area (Å²) in [5.74, 6) is 0.957. The molecule has 0 bridgehead atoms. The fraction of sp³-hybridized carbons (Fsp3) is 0.600. The van der Waals surface area contributed by atoms with Crippen molar-refractivity contribution < 1.29 is 4.74 Å². The molecular weight excluding hydrogens is 224 g/mol. The molecule has 1 aliphatic carbocycles. The number of rotatable bonds is 4. The molecule has 1 aliphatic rings. The van der Waals surface area contributed by atoms with Gasteiger partial charge >= 0.3 is 0 Å². The van der Waals surface area contributed by atoms with Crippen LogP contribution >= 0.6 is 0 Å². The molecule has 3 heteroatoms. The Morgan fingerprint density at radius 2 is 1.94 bits per heavy atom. The van der Waals surface area contributed by atoms with Crippen molar-refractivity contribution >= 4 is 0 Å². The van der Waals surface area contributed by atoms with E-state index in [2.05, 4.69) is 19.0 Å². The smallest absolute Gasteiger partial charge is 0.124 e. The van der Waals surface area contributed by atoms with Gasteiger partial charge in [0.2, 0.25) is 0 Å². The van der Waals surface area contributed by atoms with Crippen molar-refractivity contribution in [2.75, 3.05) is 14.1 Å². The summed E-state index contributed by atoms with van der Waals surface area (Å²) in [6.45, 7) is 0.537. The average molecular weight is 248 g/mol. The Morgan fingerprint density at radius 1 is 1.22 bits per heavy atom. The van der Waals surface area contributed by atoms with Gasteiger partial charge in [0, 0.05) is 18.2 Å². The highest BCUT2D eigenvalue weighted by atomic mass is 16.5. The van der Waals surface area contributed by atoms with Gasteiger partial charge in [0.05, 0.1) is 0 Å². The predicted molar refractivity (Wildman–Crippen MR) is 74.7 cm³/mol. The van der Waals surface area contributed by atoms with E-state index in [0.717, 1.165) is 17.7 Å². The van der Waals surface area contributed by atoms with Crippen molar-refractivity contribution in [1.82, 2.24) is 4.90 Å². The molecule has 1 aromatic rings. The minimum atomic E-state index is 0.293. The molecule has 2 rings (SSSR count). The van der Waals surface area contributed by atoms with Gasteiger partial charge in [-0.05, 0) is 39.4 Å². The standard InChI is InChI=1S/C15H24N2O/c1-17(2)13-8-4-6-10-15(13)18-14-9-5-3-7-12(14)11-16/h3,5,7,9,13,15H,4,6,8,10-11,16H2,1-2H3. The third-order valence-electron chi connectivity index (χ3n) is 3.80. The second-order valence-corrected chi connectivity index (χ2v) is 5.28. The summed E-state index contributed by atoms with van der Waals surface area (Å²) < 4.78 is 6.23. The lowest BCUT2D eigenvalue weighted by molar-refractivity contribution is 0.0616. The van der Waals surface area contributed by atoms with Gasteiger partial charge in [0.1, 0.15) is 11.9 Å². The molecule has 1 fully saturated rings. The van der Waals surface area contributed by atoms with E-state index in [1.54, 1.807) is 0 Å². The fourth-order valence-corrected chi connectivity index (χ4v) is 2.76. The number of nitrogens with two attached hydrogens (primary N) is 1. The first-order valence-electron chi connectivity index (χ1n) is 6.83. The van der Waals surface area contributed by atoms with Crippen LogP contribution in [0.1, 0.15) is 31.2 Å². The van der Waals surface area contributed by atoms with Gasteiger partial charge in [-0.25, -0.2) is 0 Å². The summed E-state index contributed by atoms with van der Waals surface area (Å²) in [5.41, 5.74) is 6.86. The van der Waals surface area contributed by atoms with E-state index >= 15 is 0 Å². The van der Waals surface area contributed by atoms with Crippen molar-refractivity contribution in [1.29, 1.82) is 0 Å². The SMILES string of the molecule is CN(C)C1CCCCC1Oc1ccccc1CN. The second kappa shape index (κ2) is 6.21. The maximum absolute atomic E-state index is 6.23. The molecule has 0 aliphatic heterocycles. The van der Waals surface area contributed by atoms with E-state index in [9.17, 15) is 0 Å². The molecule has 0 radical (unpaired) electrons. The Hall–Kier alpha value is -1.06. The molecule has 0 aromatic heterocycles. The second-order valence-electron chi connectivity index (χ2n) is 5.28. The van der Waals surface area contributed by atoms with E-state index in [-0.39, 0.29) is 0 Å². The zero-order valence-electron chi connectivity index (χ0n) is 11.4. The van der Waals surface area contributed by atoms with Crippen LogP contribution in [0.2, 0.25) is 0 Å². The third kappa shape index (κ3) is 3.03. The topological polar surface area (TPSA) is 38.5 Å². The van der Waals surface area contributed by atoms with Crippen molar-refractivity contribution in [2.24, 2.45) is 5.73 Å². The predicted octanol–water partition coefficient (Wildman–Crippen LogP) is 2.40. The molecule has 0 heterocycles. The summed E-state index contributed by atoms with van der Waals surface area (Å²) in [6, 6.07) is 8.62. The maximum Gasteiger partial charge on any atom is 0.124 e. The fourth-order valence-electron chi connectivity index (χ4n) is 2.76. The number of nitrogens with zero attached hydrogens (tertiary/aromatic N) is 1. The Morgan fingerprint density at radius 3 is 2.67 bits per heavy atom. The molecule has 0 spiro atoms. The Labute approximate surface area is 110 Å². The monoisotopic (exact) mass is 248 g/mol. The summed E-state index contributed by atoms with van der Waals surface area (Å²) >= 11 is 0. The van der Waals surface area contributed by atoms with Crippen LogP contribution in [0.25, 0.3) is 0 Å². The highest BCUT2D eigenvalue weighted by Crippen LogP contribution is 2.28. The molecule has 0 amide bonds. The minimum Gasteiger partial charge on any atom is -0.488 e. The van der Waals surface area contributed by atoms with Gasteiger partial charge in [0.25, 0.3) is 0 Å². The van der Waals surface area contributed by atoms with Crippen LogP contribution in [0.4, 0.5) is 0 Å². The van der Waals surface area contributed by atoms with Gasteiger partial charge in [-0.3, -0.25) is 0 Å². The third-order valence-corrected chi connectivity index (χ3v) is 3.80. The van der Waals surface area contributed by atoms with Crippen LogP contribution in [0.15, 0.2) is 24.3 Å². The van der Waals surface area contributed by atoms with Crippen molar-refractivity contribution in [2.45, 2.75) is 44.4 Å². The van der Waals surface area contributed by atoms with Crippen molar-refractivity contribution in [3.8, 4) is 5.75 Å². The van der Waals surface area contributed by atoms with Crippen LogP contribution in [-0.2, 0) is 6.54 Å². The molecule has 100 valence electrons. The van der Waals surface area contributed by atoms with E-state index in [1.165, 1.54) is 19.3 Å². The zero-order valence-corrected chi connectivity index (χ0v) is 11.4. The van der Waals surface area contributed by atoms with E-state index < -0.39 is 0 Å². The molecule has 1 aromatic carbocycles. The highest BCUT2D eigenvalue weighted by Gasteiger charge is 2.28. The minimum absolute atomic E-state index is 0.293. The molecule has 0 saturated heterocycles. The Bertz CT molecular complexity index is 379. The largest absolute Gasteiger partial charge is 0.488 e. The quantitative estimate of drug-likeness (QED) is 0.889. The summed E-state index contributed by atoms with van der Waals surface area (Å²) in [7, 11) is 4.28. The van der Waals surface area contributed by atoms with Crippen molar-refractivity contribution in [3.05, 3.63) is 29.8 Å². The van der Waals surface area contributed by atoms with Gasteiger partial charge in [-0.2, -0.15) is 0 Å². The average Bonchev–Trinajstić information content (AvgIpc) is 2.40. The van der Waals surface area contributed by atoms with Crippen LogP contribution in [0, 0.1) is 0 Å².